The molecular weight excluding hydrogens is 317 g/mol. The Hall–Kier alpha value is -2.24. The highest BCUT2D eigenvalue weighted by atomic mass is 35.5. The number of aromatic hydroxyl groups is 1. The molecule has 21 heavy (non-hydrogen) atoms. The highest BCUT2D eigenvalue weighted by Gasteiger charge is 2.12. The van der Waals surface area contributed by atoms with Gasteiger partial charge in [-0.3, -0.25) is 4.79 Å². The van der Waals surface area contributed by atoms with Crippen molar-refractivity contribution >= 4 is 40.8 Å². The third-order valence-corrected chi connectivity index (χ3v) is 3.05. The van der Waals surface area contributed by atoms with E-state index in [-0.39, 0.29) is 22.6 Å². The quantitative estimate of drug-likeness (QED) is 0.752. The smallest absolute Gasteiger partial charge is 0.335 e. The second-order valence-electron chi connectivity index (χ2n) is 4.15. The number of amides is 1. The van der Waals surface area contributed by atoms with E-state index >= 15 is 0 Å². The normalized spacial score (nSPS) is 10.2. The number of benzene rings is 2. The van der Waals surface area contributed by atoms with Crippen LogP contribution in [-0.2, 0) is 0 Å². The van der Waals surface area contributed by atoms with Crippen LogP contribution in [0.5, 0.6) is 5.75 Å². The first-order chi connectivity index (χ1) is 9.86. The van der Waals surface area contributed by atoms with Crippen LogP contribution >= 0.6 is 23.2 Å². The molecule has 0 atom stereocenters. The zero-order valence-electron chi connectivity index (χ0n) is 10.4. The number of carboxylic acid groups (broad SMARTS) is 1. The molecule has 0 aliphatic rings. The van der Waals surface area contributed by atoms with Crippen LogP contribution in [0, 0.1) is 0 Å². The predicted molar refractivity (Wildman–Crippen MR) is 79.5 cm³/mol. The predicted octanol–water partition coefficient (Wildman–Crippen LogP) is 3.65. The molecule has 1 amide bonds. The highest BCUT2D eigenvalue weighted by Crippen LogP contribution is 2.26. The second-order valence-corrected chi connectivity index (χ2v) is 5.02. The van der Waals surface area contributed by atoms with Crippen molar-refractivity contribution in [3.8, 4) is 5.75 Å². The number of carbonyl (C=O) groups is 2. The van der Waals surface area contributed by atoms with E-state index in [9.17, 15) is 14.7 Å². The number of hydrogen-bond acceptors (Lipinski definition) is 3. The average Bonchev–Trinajstić information content (AvgIpc) is 2.39. The minimum Gasteiger partial charge on any atom is -0.506 e. The number of hydrogen-bond donors (Lipinski definition) is 3. The zero-order chi connectivity index (χ0) is 15.6. The topological polar surface area (TPSA) is 86.6 Å². The number of phenols is 1. The fourth-order valence-electron chi connectivity index (χ4n) is 1.65. The molecule has 0 aliphatic heterocycles. The molecule has 0 radical (unpaired) electrons. The molecule has 2 aromatic carbocycles. The van der Waals surface area contributed by atoms with Gasteiger partial charge in [0, 0.05) is 15.6 Å². The van der Waals surface area contributed by atoms with Gasteiger partial charge in [-0.25, -0.2) is 4.79 Å². The molecular formula is C14H9Cl2NO4. The SMILES string of the molecule is O=C(O)c1ccc(NC(=O)c2cc(Cl)cc(Cl)c2)c(O)c1. The van der Waals surface area contributed by atoms with Gasteiger partial charge in [-0.15, -0.1) is 0 Å². The van der Waals surface area contributed by atoms with Gasteiger partial charge in [-0.2, -0.15) is 0 Å². The lowest BCUT2D eigenvalue weighted by atomic mass is 10.1. The number of carboxylic acids is 1. The number of phenolic OH excluding ortho intramolecular Hbond substituents is 1. The van der Waals surface area contributed by atoms with E-state index in [0.717, 1.165) is 6.07 Å². The van der Waals surface area contributed by atoms with Gasteiger partial charge in [-0.05, 0) is 36.4 Å². The summed E-state index contributed by atoms with van der Waals surface area (Å²) < 4.78 is 0. The Morgan fingerprint density at radius 2 is 1.57 bits per heavy atom. The van der Waals surface area contributed by atoms with Crippen LogP contribution in [0.25, 0.3) is 0 Å². The molecule has 3 N–H and O–H groups in total. The Morgan fingerprint density at radius 3 is 2.10 bits per heavy atom. The molecule has 0 aromatic heterocycles. The molecule has 108 valence electrons. The molecule has 0 bridgehead atoms. The van der Waals surface area contributed by atoms with Gasteiger partial charge in [0.2, 0.25) is 0 Å². The number of nitrogens with one attached hydrogen (secondary N) is 1. The van der Waals surface area contributed by atoms with Crippen molar-refractivity contribution in [2.24, 2.45) is 0 Å². The summed E-state index contributed by atoms with van der Waals surface area (Å²) in [5.74, 6) is -2.06. The number of aromatic carboxylic acids is 1. The third-order valence-electron chi connectivity index (χ3n) is 2.62. The molecule has 0 fully saturated rings. The monoisotopic (exact) mass is 325 g/mol. The maximum absolute atomic E-state index is 12.0. The van der Waals surface area contributed by atoms with Crippen molar-refractivity contribution < 1.29 is 19.8 Å². The molecule has 0 saturated carbocycles. The van der Waals surface area contributed by atoms with Gasteiger partial charge >= 0.3 is 5.97 Å². The maximum Gasteiger partial charge on any atom is 0.335 e. The molecule has 0 heterocycles. The summed E-state index contributed by atoms with van der Waals surface area (Å²) in [5, 5.41) is 21.6. The fourth-order valence-corrected chi connectivity index (χ4v) is 2.18. The van der Waals surface area contributed by atoms with Gasteiger partial charge in [0.25, 0.3) is 5.91 Å². The zero-order valence-corrected chi connectivity index (χ0v) is 11.9. The van der Waals surface area contributed by atoms with E-state index in [1.54, 1.807) is 0 Å². The first kappa shape index (κ1) is 15.2. The van der Waals surface area contributed by atoms with Crippen molar-refractivity contribution in [3.05, 3.63) is 57.6 Å². The van der Waals surface area contributed by atoms with E-state index < -0.39 is 11.9 Å². The number of anilines is 1. The summed E-state index contributed by atoms with van der Waals surface area (Å²) >= 11 is 11.6. The van der Waals surface area contributed by atoms with Crippen molar-refractivity contribution in [1.82, 2.24) is 0 Å². The van der Waals surface area contributed by atoms with Crippen LogP contribution in [0.2, 0.25) is 10.0 Å². The summed E-state index contributed by atoms with van der Waals surface area (Å²) in [7, 11) is 0. The minimum atomic E-state index is -1.18. The van der Waals surface area contributed by atoms with Crippen molar-refractivity contribution in [2.45, 2.75) is 0 Å². The summed E-state index contributed by atoms with van der Waals surface area (Å²) in [6.45, 7) is 0. The van der Waals surface area contributed by atoms with Gasteiger partial charge in [0.1, 0.15) is 5.75 Å². The summed E-state index contributed by atoms with van der Waals surface area (Å²) in [4.78, 5) is 22.8. The number of rotatable bonds is 3. The van der Waals surface area contributed by atoms with E-state index in [1.807, 2.05) is 0 Å². The van der Waals surface area contributed by atoms with Crippen LogP contribution in [0.15, 0.2) is 36.4 Å². The molecule has 7 heteroatoms. The summed E-state index contributed by atoms with van der Waals surface area (Å²) in [6, 6.07) is 7.93. The minimum absolute atomic E-state index is 0.0843. The highest BCUT2D eigenvalue weighted by molar-refractivity contribution is 6.35. The summed E-state index contributed by atoms with van der Waals surface area (Å²) in [6.07, 6.45) is 0. The standard InChI is InChI=1S/C14H9Cl2NO4/c15-9-3-8(4-10(16)6-9)13(19)17-11-2-1-7(14(20)21)5-12(11)18/h1-6,18H,(H,17,19)(H,20,21). The van der Waals surface area contributed by atoms with Gasteiger partial charge in [0.15, 0.2) is 0 Å². The lowest BCUT2D eigenvalue weighted by Crippen LogP contribution is -2.12. The number of carbonyl (C=O) groups excluding carboxylic acids is 1. The van der Waals surface area contributed by atoms with Gasteiger partial charge in [0.05, 0.1) is 11.3 Å². The van der Waals surface area contributed by atoms with Crippen molar-refractivity contribution in [2.75, 3.05) is 5.32 Å². The van der Waals surface area contributed by atoms with Crippen LogP contribution in [-0.4, -0.2) is 22.1 Å². The van der Waals surface area contributed by atoms with Gasteiger partial charge < -0.3 is 15.5 Å². The Kier molecular flexibility index (Phi) is 4.35. The van der Waals surface area contributed by atoms with Crippen LogP contribution in [0.1, 0.15) is 20.7 Å². The molecule has 5 nitrogen and oxygen atoms in total. The molecule has 2 rings (SSSR count). The van der Waals surface area contributed by atoms with E-state index in [1.165, 1.54) is 30.3 Å². The molecule has 0 unspecified atom stereocenters. The first-order valence-corrected chi connectivity index (χ1v) is 6.46. The first-order valence-electron chi connectivity index (χ1n) is 5.70. The van der Waals surface area contributed by atoms with E-state index in [0.29, 0.717) is 10.0 Å². The second kappa shape index (κ2) is 6.03. The molecule has 0 aliphatic carbocycles. The third kappa shape index (κ3) is 3.65. The van der Waals surface area contributed by atoms with Crippen LogP contribution in [0.3, 0.4) is 0 Å². The Labute approximate surface area is 129 Å². The fraction of sp³-hybridized carbons (Fsp3) is 0. The van der Waals surface area contributed by atoms with E-state index in [4.69, 9.17) is 28.3 Å². The van der Waals surface area contributed by atoms with Crippen molar-refractivity contribution in [3.63, 3.8) is 0 Å². The number of halogens is 2. The molecule has 0 saturated heterocycles. The average molecular weight is 326 g/mol. The summed E-state index contributed by atoms with van der Waals surface area (Å²) in [5.41, 5.74) is 0.214. The largest absolute Gasteiger partial charge is 0.506 e. The lowest BCUT2D eigenvalue weighted by molar-refractivity contribution is 0.0696. The Morgan fingerprint density at radius 1 is 0.952 bits per heavy atom. The molecule has 0 spiro atoms. The maximum atomic E-state index is 12.0. The van der Waals surface area contributed by atoms with Gasteiger partial charge in [-0.1, -0.05) is 23.2 Å². The van der Waals surface area contributed by atoms with E-state index in [2.05, 4.69) is 5.32 Å². The van der Waals surface area contributed by atoms with Crippen LogP contribution < -0.4 is 5.32 Å². The lowest BCUT2D eigenvalue weighted by Gasteiger charge is -2.08. The molecule has 2 aromatic rings. The Bertz CT molecular complexity index is 711. The van der Waals surface area contributed by atoms with Crippen molar-refractivity contribution in [1.29, 1.82) is 0 Å². The Balaban J connectivity index is 2.25. The van der Waals surface area contributed by atoms with Crippen LogP contribution in [0.4, 0.5) is 5.69 Å².